The molecule has 1 saturated carbocycles. The van der Waals surface area contributed by atoms with E-state index in [2.05, 4.69) is 32.2 Å². The summed E-state index contributed by atoms with van der Waals surface area (Å²) in [7, 11) is 0. The Morgan fingerprint density at radius 3 is 2.60 bits per heavy atom. The van der Waals surface area contributed by atoms with Crippen LogP contribution in [0.4, 0.5) is 0 Å². The summed E-state index contributed by atoms with van der Waals surface area (Å²) in [4.78, 5) is 0. The third-order valence-electron chi connectivity index (χ3n) is 3.91. The first kappa shape index (κ1) is 12.5. The van der Waals surface area contributed by atoms with Crippen LogP contribution in [0.1, 0.15) is 52.9 Å². The molecule has 0 amide bonds. The van der Waals surface area contributed by atoms with Gasteiger partial charge in [-0.25, -0.2) is 0 Å². The molecule has 1 rings (SSSR count). The Balaban J connectivity index is 2.45. The minimum Gasteiger partial charge on any atom is -0.310 e. The third-order valence-corrected chi connectivity index (χ3v) is 3.91. The summed E-state index contributed by atoms with van der Waals surface area (Å²) in [6.45, 7) is 6.75. The highest BCUT2D eigenvalue weighted by atomic mass is 15.0. The molecule has 2 nitrogen and oxygen atoms in total. The van der Waals surface area contributed by atoms with Crippen molar-refractivity contribution in [1.29, 1.82) is 5.26 Å². The van der Waals surface area contributed by atoms with Crippen LogP contribution in [0.3, 0.4) is 0 Å². The monoisotopic (exact) mass is 208 g/mol. The average molecular weight is 208 g/mol. The van der Waals surface area contributed by atoms with E-state index in [4.69, 9.17) is 5.26 Å². The van der Waals surface area contributed by atoms with Gasteiger partial charge in [-0.15, -0.1) is 0 Å². The molecule has 0 heterocycles. The highest BCUT2D eigenvalue weighted by molar-refractivity contribution is 4.95. The molecule has 1 aliphatic carbocycles. The minimum absolute atomic E-state index is 0.241. The van der Waals surface area contributed by atoms with Crippen molar-refractivity contribution in [3.8, 4) is 6.07 Å². The molecular formula is C13H24N2. The van der Waals surface area contributed by atoms with Crippen LogP contribution in [0.25, 0.3) is 0 Å². The van der Waals surface area contributed by atoms with E-state index in [9.17, 15) is 0 Å². The molecule has 0 aromatic rings. The predicted octanol–water partition coefficient (Wildman–Crippen LogP) is 3.09. The smallest absolute Gasteiger partial charge is 0.0672 e. The number of nitrogens with zero attached hydrogens (tertiary/aromatic N) is 1. The minimum atomic E-state index is 0.241. The number of nitrogens with one attached hydrogen (secondary N) is 1. The SMILES string of the molecule is CCC(C)C(C)NC1CCCCC1C#N. The Bertz CT molecular complexity index is 219. The van der Waals surface area contributed by atoms with E-state index in [1.54, 1.807) is 0 Å². The fraction of sp³-hybridized carbons (Fsp3) is 0.923. The van der Waals surface area contributed by atoms with Crippen LogP contribution in [0.2, 0.25) is 0 Å². The summed E-state index contributed by atoms with van der Waals surface area (Å²) in [6.07, 6.45) is 5.98. The van der Waals surface area contributed by atoms with Crippen molar-refractivity contribution >= 4 is 0 Å². The second kappa shape index (κ2) is 6.12. The zero-order valence-corrected chi connectivity index (χ0v) is 10.3. The molecule has 0 spiro atoms. The Morgan fingerprint density at radius 2 is 2.00 bits per heavy atom. The standard InChI is InChI=1S/C13H24N2/c1-4-10(2)11(3)15-13-8-6-5-7-12(13)9-14/h10-13,15H,4-8H2,1-3H3. The van der Waals surface area contributed by atoms with Crippen LogP contribution in [0.15, 0.2) is 0 Å². The van der Waals surface area contributed by atoms with Gasteiger partial charge in [-0.3, -0.25) is 0 Å². The number of hydrogen-bond acceptors (Lipinski definition) is 2. The molecule has 0 radical (unpaired) electrons. The highest BCUT2D eigenvalue weighted by Crippen LogP contribution is 2.24. The topological polar surface area (TPSA) is 35.8 Å². The molecule has 0 aromatic heterocycles. The van der Waals surface area contributed by atoms with Crippen LogP contribution in [0, 0.1) is 23.2 Å². The second-order valence-electron chi connectivity index (χ2n) is 4.97. The van der Waals surface area contributed by atoms with Gasteiger partial charge in [-0.1, -0.05) is 33.1 Å². The van der Waals surface area contributed by atoms with Gasteiger partial charge in [0.2, 0.25) is 0 Å². The molecule has 15 heavy (non-hydrogen) atoms. The molecule has 4 atom stereocenters. The normalized spacial score (nSPS) is 30.5. The van der Waals surface area contributed by atoms with E-state index in [0.29, 0.717) is 18.0 Å². The van der Waals surface area contributed by atoms with Gasteiger partial charge in [-0.2, -0.15) is 5.26 Å². The number of rotatable bonds is 4. The van der Waals surface area contributed by atoms with Gasteiger partial charge in [-0.05, 0) is 25.7 Å². The average Bonchev–Trinajstić information content (AvgIpc) is 2.28. The largest absolute Gasteiger partial charge is 0.310 e. The van der Waals surface area contributed by atoms with Crippen LogP contribution in [0.5, 0.6) is 0 Å². The van der Waals surface area contributed by atoms with Crippen molar-refractivity contribution in [2.75, 3.05) is 0 Å². The van der Waals surface area contributed by atoms with Crippen molar-refractivity contribution in [3.63, 3.8) is 0 Å². The van der Waals surface area contributed by atoms with Crippen molar-refractivity contribution in [2.24, 2.45) is 11.8 Å². The van der Waals surface area contributed by atoms with E-state index >= 15 is 0 Å². The summed E-state index contributed by atoms with van der Waals surface area (Å²) < 4.78 is 0. The molecule has 0 aromatic carbocycles. The maximum Gasteiger partial charge on any atom is 0.0672 e. The molecule has 1 N–H and O–H groups in total. The van der Waals surface area contributed by atoms with Gasteiger partial charge in [0.15, 0.2) is 0 Å². The molecule has 0 aliphatic heterocycles. The Morgan fingerprint density at radius 1 is 1.33 bits per heavy atom. The van der Waals surface area contributed by atoms with Gasteiger partial charge >= 0.3 is 0 Å². The van der Waals surface area contributed by atoms with Crippen LogP contribution in [-0.4, -0.2) is 12.1 Å². The van der Waals surface area contributed by atoms with Gasteiger partial charge in [0.25, 0.3) is 0 Å². The van der Waals surface area contributed by atoms with Gasteiger partial charge in [0, 0.05) is 12.1 Å². The molecule has 0 bridgehead atoms. The van der Waals surface area contributed by atoms with Crippen molar-refractivity contribution in [1.82, 2.24) is 5.32 Å². The first-order valence-corrected chi connectivity index (χ1v) is 6.34. The predicted molar refractivity (Wildman–Crippen MR) is 63.4 cm³/mol. The third kappa shape index (κ3) is 3.50. The molecule has 1 fully saturated rings. The summed E-state index contributed by atoms with van der Waals surface area (Å²) in [6, 6.07) is 3.43. The van der Waals surface area contributed by atoms with Crippen molar-refractivity contribution < 1.29 is 0 Å². The lowest BCUT2D eigenvalue weighted by atomic mass is 9.84. The summed E-state index contributed by atoms with van der Waals surface area (Å²) in [5, 5.41) is 12.7. The maximum absolute atomic E-state index is 9.08. The van der Waals surface area contributed by atoms with E-state index in [1.807, 2.05) is 0 Å². The number of hydrogen-bond donors (Lipinski definition) is 1. The molecule has 4 unspecified atom stereocenters. The van der Waals surface area contributed by atoms with Crippen LogP contribution >= 0.6 is 0 Å². The van der Waals surface area contributed by atoms with Crippen molar-refractivity contribution in [3.05, 3.63) is 0 Å². The fourth-order valence-corrected chi connectivity index (χ4v) is 2.34. The Labute approximate surface area is 94.1 Å². The summed E-state index contributed by atoms with van der Waals surface area (Å²) in [5.41, 5.74) is 0. The quantitative estimate of drug-likeness (QED) is 0.770. The molecular weight excluding hydrogens is 184 g/mol. The first-order chi connectivity index (χ1) is 7.19. The molecule has 1 aliphatic rings. The zero-order chi connectivity index (χ0) is 11.3. The Hall–Kier alpha value is -0.550. The van der Waals surface area contributed by atoms with Gasteiger partial charge in [0.1, 0.15) is 0 Å². The molecule has 0 saturated heterocycles. The van der Waals surface area contributed by atoms with Crippen LogP contribution in [-0.2, 0) is 0 Å². The van der Waals surface area contributed by atoms with Gasteiger partial charge in [0.05, 0.1) is 12.0 Å². The highest BCUT2D eigenvalue weighted by Gasteiger charge is 2.26. The lowest BCUT2D eigenvalue weighted by Crippen LogP contribution is -2.45. The van der Waals surface area contributed by atoms with E-state index in [0.717, 1.165) is 6.42 Å². The summed E-state index contributed by atoms with van der Waals surface area (Å²) in [5.74, 6) is 0.941. The van der Waals surface area contributed by atoms with Crippen molar-refractivity contribution in [2.45, 2.75) is 65.0 Å². The lowest BCUT2D eigenvalue weighted by molar-refractivity contribution is 0.259. The van der Waals surface area contributed by atoms with E-state index in [-0.39, 0.29) is 5.92 Å². The zero-order valence-electron chi connectivity index (χ0n) is 10.3. The van der Waals surface area contributed by atoms with E-state index in [1.165, 1.54) is 25.7 Å². The van der Waals surface area contributed by atoms with E-state index < -0.39 is 0 Å². The lowest BCUT2D eigenvalue weighted by Gasteiger charge is -2.32. The number of nitriles is 1. The molecule has 2 heteroatoms. The first-order valence-electron chi connectivity index (χ1n) is 6.34. The fourth-order valence-electron chi connectivity index (χ4n) is 2.34. The second-order valence-corrected chi connectivity index (χ2v) is 4.97. The molecule has 86 valence electrons. The maximum atomic E-state index is 9.08. The van der Waals surface area contributed by atoms with Gasteiger partial charge < -0.3 is 5.32 Å². The Kier molecular flexibility index (Phi) is 5.11. The summed E-state index contributed by atoms with van der Waals surface area (Å²) >= 11 is 0. The van der Waals surface area contributed by atoms with Crippen LogP contribution < -0.4 is 5.32 Å².